The van der Waals surface area contributed by atoms with Gasteiger partial charge in [-0.05, 0) is 179 Å². The number of hydrogen-bond acceptors (Lipinski definition) is 4. The molecule has 4 nitrogen and oxygen atoms in total. The van der Waals surface area contributed by atoms with Gasteiger partial charge in [0.15, 0.2) is 0 Å². The van der Waals surface area contributed by atoms with Gasteiger partial charge in [-0.15, -0.1) is 0 Å². The zero-order valence-corrected chi connectivity index (χ0v) is 42.0. The second-order valence-corrected chi connectivity index (χ2v) is 18.6. The lowest BCUT2D eigenvalue weighted by atomic mass is 10.0. The molecule has 0 aliphatic heterocycles. The van der Waals surface area contributed by atoms with Crippen LogP contribution in [0.1, 0.15) is 0 Å². The van der Waals surface area contributed by atoms with Crippen molar-refractivity contribution >= 4 is 68.2 Å². The molecule has 0 aliphatic rings. The maximum absolute atomic E-state index is 2.35. The summed E-state index contributed by atoms with van der Waals surface area (Å²) in [4.78, 5) is 9.30. The zero-order chi connectivity index (χ0) is 50.9. The van der Waals surface area contributed by atoms with Crippen LogP contribution in [0.2, 0.25) is 0 Å². The van der Waals surface area contributed by atoms with E-state index in [1.807, 2.05) is 0 Å². The van der Waals surface area contributed by atoms with Crippen molar-refractivity contribution in [2.75, 3.05) is 19.6 Å². The second-order valence-electron chi connectivity index (χ2n) is 18.6. The van der Waals surface area contributed by atoms with Crippen molar-refractivity contribution in [3.05, 3.63) is 328 Å². The highest BCUT2D eigenvalue weighted by Gasteiger charge is 2.19. The molecule has 0 amide bonds. The molecule has 4 heteroatoms. The first kappa shape index (κ1) is 46.9. The Balaban J connectivity index is 0.886. The molecule has 0 atom stereocenters. The first-order chi connectivity index (χ1) is 37.7. The van der Waals surface area contributed by atoms with Crippen LogP contribution < -0.4 is 19.6 Å². The lowest BCUT2D eigenvalue weighted by Gasteiger charge is -2.29. The fourth-order valence-electron chi connectivity index (χ4n) is 10.1. The van der Waals surface area contributed by atoms with Crippen LogP contribution in [0.25, 0.3) is 33.4 Å². The predicted molar refractivity (Wildman–Crippen MR) is 321 cm³/mol. The molecular formula is C72H54N4. The zero-order valence-electron chi connectivity index (χ0n) is 42.0. The molecule has 0 unspecified atom stereocenters. The van der Waals surface area contributed by atoms with Crippen LogP contribution in [0.5, 0.6) is 0 Å². The highest BCUT2D eigenvalue weighted by molar-refractivity contribution is 5.86. The largest absolute Gasteiger partial charge is 0.311 e. The van der Waals surface area contributed by atoms with Gasteiger partial charge in [-0.25, -0.2) is 0 Å². The molecule has 0 spiro atoms. The summed E-state index contributed by atoms with van der Waals surface area (Å²) < 4.78 is 0. The molecule has 0 aromatic heterocycles. The van der Waals surface area contributed by atoms with E-state index in [1.165, 1.54) is 11.1 Å². The van der Waals surface area contributed by atoms with E-state index in [0.717, 1.165) is 90.5 Å². The molecule has 0 heterocycles. The quantitative estimate of drug-likeness (QED) is 0.101. The highest BCUT2D eigenvalue weighted by Crippen LogP contribution is 2.43. The lowest BCUT2D eigenvalue weighted by Crippen LogP contribution is -2.12. The molecule has 0 bridgehead atoms. The van der Waals surface area contributed by atoms with Crippen molar-refractivity contribution in [2.45, 2.75) is 0 Å². The summed E-state index contributed by atoms with van der Waals surface area (Å²) >= 11 is 0. The standard InChI is InChI=1S/C72H54N4/c1-7-21-55(22-8-1)59-25-19-35-71(53-59)75(69-49-45-67(46-50-69)73(61-27-11-3-12-28-61)62-29-13-4-14-30-62)65-41-37-57(38-42-65)58-39-43-66(44-40-58)76(72-36-20-26-60(54-72)56-23-9-2-10-24-56)70-51-47-68(48-52-70)74(63-31-15-5-16-32-63)64-33-17-6-18-34-64/h1-54H. The molecule has 0 N–H and O–H groups in total. The van der Waals surface area contributed by atoms with E-state index in [0.29, 0.717) is 0 Å². The predicted octanol–water partition coefficient (Wildman–Crippen LogP) is 20.6. The Morgan fingerprint density at radius 2 is 0.289 bits per heavy atom. The third kappa shape index (κ3) is 10.1. The topological polar surface area (TPSA) is 13.0 Å². The van der Waals surface area contributed by atoms with E-state index in [1.54, 1.807) is 0 Å². The van der Waals surface area contributed by atoms with Crippen LogP contribution in [0, 0.1) is 0 Å². The Bertz CT molecular complexity index is 3430. The first-order valence-corrected chi connectivity index (χ1v) is 25.8. The minimum atomic E-state index is 1.06. The van der Waals surface area contributed by atoms with Crippen molar-refractivity contribution in [1.82, 2.24) is 0 Å². The van der Waals surface area contributed by atoms with E-state index in [2.05, 4.69) is 347 Å². The minimum Gasteiger partial charge on any atom is -0.311 e. The van der Waals surface area contributed by atoms with Crippen molar-refractivity contribution in [3.8, 4) is 33.4 Å². The highest BCUT2D eigenvalue weighted by atomic mass is 15.2. The van der Waals surface area contributed by atoms with Crippen molar-refractivity contribution in [2.24, 2.45) is 0 Å². The summed E-state index contributed by atoms with van der Waals surface area (Å²) in [6, 6.07) is 117. The SMILES string of the molecule is c1ccc(-c2cccc(N(c3ccc(-c4ccc(N(c5ccc(N(c6ccccc6)c6ccccc6)cc5)c5cccc(-c6ccccc6)c5)cc4)cc3)c3ccc(N(c4ccccc4)c4ccccc4)cc3)c2)cc1. The Morgan fingerprint density at radius 3 is 0.553 bits per heavy atom. The van der Waals surface area contributed by atoms with Gasteiger partial charge in [0.2, 0.25) is 0 Å². The lowest BCUT2D eigenvalue weighted by molar-refractivity contribution is 1.25. The van der Waals surface area contributed by atoms with Crippen LogP contribution in [0.4, 0.5) is 68.2 Å². The molecular weight excluding hydrogens is 921 g/mol. The van der Waals surface area contributed by atoms with E-state index in [9.17, 15) is 0 Å². The second kappa shape index (κ2) is 21.9. The number of benzene rings is 12. The van der Waals surface area contributed by atoms with E-state index < -0.39 is 0 Å². The van der Waals surface area contributed by atoms with Gasteiger partial charge in [-0.1, -0.05) is 182 Å². The molecule has 76 heavy (non-hydrogen) atoms. The van der Waals surface area contributed by atoms with Gasteiger partial charge >= 0.3 is 0 Å². The minimum absolute atomic E-state index is 1.06. The molecule has 0 saturated heterocycles. The van der Waals surface area contributed by atoms with Gasteiger partial charge < -0.3 is 19.6 Å². The summed E-state index contributed by atoms with van der Waals surface area (Å²) in [6.45, 7) is 0. The Kier molecular flexibility index (Phi) is 13.5. The molecule has 12 rings (SSSR count). The summed E-state index contributed by atoms with van der Waals surface area (Å²) in [5, 5.41) is 0. The third-order valence-corrected chi connectivity index (χ3v) is 13.8. The van der Waals surface area contributed by atoms with Crippen LogP contribution in [-0.2, 0) is 0 Å². The van der Waals surface area contributed by atoms with Gasteiger partial charge in [0, 0.05) is 68.2 Å². The summed E-state index contributed by atoms with van der Waals surface area (Å²) in [6.07, 6.45) is 0. The van der Waals surface area contributed by atoms with E-state index in [4.69, 9.17) is 0 Å². The summed E-state index contributed by atoms with van der Waals surface area (Å²) in [7, 11) is 0. The smallest absolute Gasteiger partial charge is 0.0467 e. The van der Waals surface area contributed by atoms with Crippen LogP contribution in [0.3, 0.4) is 0 Å². The van der Waals surface area contributed by atoms with Crippen LogP contribution in [-0.4, -0.2) is 0 Å². The summed E-state index contributed by atoms with van der Waals surface area (Å²) in [5.74, 6) is 0. The molecule has 362 valence electrons. The summed E-state index contributed by atoms with van der Waals surface area (Å²) in [5.41, 5.74) is 19.9. The number of rotatable bonds is 15. The van der Waals surface area contributed by atoms with Gasteiger partial charge in [0.1, 0.15) is 0 Å². The maximum Gasteiger partial charge on any atom is 0.0467 e. The Hall–Kier alpha value is -10.2. The maximum atomic E-state index is 2.35. The number of nitrogens with zero attached hydrogens (tertiary/aromatic N) is 4. The fourth-order valence-corrected chi connectivity index (χ4v) is 10.1. The van der Waals surface area contributed by atoms with Crippen LogP contribution in [0.15, 0.2) is 328 Å². The van der Waals surface area contributed by atoms with Gasteiger partial charge in [-0.3, -0.25) is 0 Å². The van der Waals surface area contributed by atoms with Crippen molar-refractivity contribution < 1.29 is 0 Å². The number of hydrogen-bond donors (Lipinski definition) is 0. The fraction of sp³-hybridized carbons (Fsp3) is 0. The van der Waals surface area contributed by atoms with Gasteiger partial charge in [0.05, 0.1) is 0 Å². The van der Waals surface area contributed by atoms with E-state index in [-0.39, 0.29) is 0 Å². The third-order valence-electron chi connectivity index (χ3n) is 13.8. The van der Waals surface area contributed by atoms with Crippen LogP contribution >= 0.6 is 0 Å². The molecule has 0 aliphatic carbocycles. The number of para-hydroxylation sites is 4. The average molecular weight is 975 g/mol. The average Bonchev–Trinajstić information content (AvgIpc) is 3.50. The van der Waals surface area contributed by atoms with E-state index >= 15 is 0 Å². The molecule has 12 aromatic carbocycles. The first-order valence-electron chi connectivity index (χ1n) is 25.8. The molecule has 0 saturated carbocycles. The monoisotopic (exact) mass is 974 g/mol. The molecule has 0 fully saturated rings. The molecule has 12 aromatic rings. The Labute approximate surface area is 446 Å². The number of anilines is 12. The Morgan fingerprint density at radius 1 is 0.118 bits per heavy atom. The van der Waals surface area contributed by atoms with Gasteiger partial charge in [0.25, 0.3) is 0 Å². The normalized spacial score (nSPS) is 10.9. The van der Waals surface area contributed by atoms with Crippen molar-refractivity contribution in [1.29, 1.82) is 0 Å². The van der Waals surface area contributed by atoms with Crippen molar-refractivity contribution in [3.63, 3.8) is 0 Å². The molecule has 0 radical (unpaired) electrons. The van der Waals surface area contributed by atoms with Gasteiger partial charge in [-0.2, -0.15) is 0 Å².